The summed E-state index contributed by atoms with van der Waals surface area (Å²) in [6, 6.07) is 24.3. The van der Waals surface area contributed by atoms with Crippen LogP contribution >= 0.6 is 0 Å². The van der Waals surface area contributed by atoms with Gasteiger partial charge in [-0.1, -0.05) is 69.3 Å². The summed E-state index contributed by atoms with van der Waals surface area (Å²) in [6.07, 6.45) is 1.77. The van der Waals surface area contributed by atoms with Crippen molar-refractivity contribution >= 4 is 17.6 Å². The first kappa shape index (κ1) is 21.9. The van der Waals surface area contributed by atoms with E-state index >= 15 is 0 Å². The summed E-state index contributed by atoms with van der Waals surface area (Å²) < 4.78 is 11.0. The summed E-state index contributed by atoms with van der Waals surface area (Å²) >= 11 is 0. The molecular formula is C27H25NO3. The lowest BCUT2D eigenvalue weighted by molar-refractivity contribution is 0.0729. The van der Waals surface area contributed by atoms with Gasteiger partial charge in [0.25, 0.3) is 0 Å². The predicted molar refractivity (Wildman–Crippen MR) is 123 cm³/mol. The van der Waals surface area contributed by atoms with Crippen molar-refractivity contribution in [1.29, 1.82) is 5.26 Å². The smallest absolute Gasteiger partial charge is 0.343 e. The molecule has 0 amide bonds. The van der Waals surface area contributed by atoms with E-state index in [-0.39, 0.29) is 5.41 Å². The van der Waals surface area contributed by atoms with Gasteiger partial charge in [-0.3, -0.25) is 0 Å². The number of rotatable bonds is 5. The maximum absolute atomic E-state index is 12.6. The Bertz CT molecular complexity index is 1130. The molecule has 4 heteroatoms. The highest BCUT2D eigenvalue weighted by atomic mass is 16.6. The highest BCUT2D eigenvalue weighted by Crippen LogP contribution is 2.31. The van der Waals surface area contributed by atoms with Crippen LogP contribution in [0.3, 0.4) is 0 Å². The van der Waals surface area contributed by atoms with Crippen LogP contribution in [0.15, 0.2) is 72.8 Å². The van der Waals surface area contributed by atoms with Crippen LogP contribution in [0.25, 0.3) is 11.6 Å². The molecule has 0 unspecified atom stereocenters. The minimum atomic E-state index is -0.455. The average Bonchev–Trinajstić information content (AvgIpc) is 2.78. The molecule has 0 bridgehead atoms. The van der Waals surface area contributed by atoms with E-state index in [0.717, 1.165) is 16.7 Å². The Labute approximate surface area is 183 Å². The number of carbonyl (C=O) groups excluding carboxylic acids is 1. The first-order valence-corrected chi connectivity index (χ1v) is 10.00. The summed E-state index contributed by atoms with van der Waals surface area (Å²) in [6.45, 7) is 6.37. The Morgan fingerprint density at radius 3 is 2.16 bits per heavy atom. The third-order valence-electron chi connectivity index (χ3n) is 4.89. The van der Waals surface area contributed by atoms with Gasteiger partial charge in [0, 0.05) is 0 Å². The van der Waals surface area contributed by atoms with E-state index in [9.17, 15) is 10.1 Å². The number of esters is 1. The van der Waals surface area contributed by atoms with Crippen molar-refractivity contribution in [1.82, 2.24) is 0 Å². The van der Waals surface area contributed by atoms with E-state index in [2.05, 4.69) is 26.8 Å². The maximum Gasteiger partial charge on any atom is 0.343 e. The van der Waals surface area contributed by atoms with Crippen molar-refractivity contribution in [2.75, 3.05) is 7.11 Å². The third-order valence-corrected chi connectivity index (χ3v) is 4.89. The van der Waals surface area contributed by atoms with E-state index in [4.69, 9.17) is 9.47 Å². The molecule has 0 saturated heterocycles. The molecule has 0 aliphatic carbocycles. The number of allylic oxidation sites excluding steroid dienone is 1. The van der Waals surface area contributed by atoms with E-state index in [1.54, 1.807) is 36.4 Å². The van der Waals surface area contributed by atoms with Crippen LogP contribution in [0.1, 0.15) is 47.8 Å². The number of ether oxygens (including phenoxy) is 2. The van der Waals surface area contributed by atoms with E-state index < -0.39 is 5.97 Å². The van der Waals surface area contributed by atoms with Crippen molar-refractivity contribution in [3.63, 3.8) is 0 Å². The molecule has 0 aromatic heterocycles. The summed E-state index contributed by atoms with van der Waals surface area (Å²) in [5.74, 6) is 0.283. The fourth-order valence-corrected chi connectivity index (χ4v) is 3.09. The second-order valence-electron chi connectivity index (χ2n) is 8.16. The van der Waals surface area contributed by atoms with Gasteiger partial charge in [0.1, 0.15) is 0 Å². The molecule has 3 aromatic rings. The number of hydrogen-bond acceptors (Lipinski definition) is 4. The number of carbonyl (C=O) groups is 1. The van der Waals surface area contributed by atoms with Crippen molar-refractivity contribution in [3.05, 3.63) is 95.1 Å². The highest BCUT2D eigenvalue weighted by Gasteiger charge is 2.16. The molecule has 31 heavy (non-hydrogen) atoms. The minimum absolute atomic E-state index is 0.0109. The van der Waals surface area contributed by atoms with Crippen molar-refractivity contribution in [3.8, 4) is 17.6 Å². The molecule has 0 N–H and O–H groups in total. The summed E-state index contributed by atoms with van der Waals surface area (Å²) in [7, 11) is 1.51. The quantitative estimate of drug-likeness (QED) is 0.215. The second kappa shape index (κ2) is 9.32. The lowest BCUT2D eigenvalue weighted by Crippen LogP contribution is -2.13. The third kappa shape index (κ3) is 5.40. The Morgan fingerprint density at radius 1 is 0.903 bits per heavy atom. The van der Waals surface area contributed by atoms with Crippen molar-refractivity contribution in [2.24, 2.45) is 0 Å². The minimum Gasteiger partial charge on any atom is -0.493 e. The summed E-state index contributed by atoms with van der Waals surface area (Å²) in [5, 5.41) is 9.52. The molecule has 0 atom stereocenters. The molecule has 3 aromatic carbocycles. The summed E-state index contributed by atoms with van der Waals surface area (Å²) in [5.41, 5.74) is 3.76. The first-order valence-electron chi connectivity index (χ1n) is 10.00. The van der Waals surface area contributed by atoms with Crippen molar-refractivity contribution in [2.45, 2.75) is 26.2 Å². The first-order chi connectivity index (χ1) is 14.8. The molecule has 0 aliphatic rings. The van der Waals surface area contributed by atoms with Gasteiger partial charge in [0.05, 0.1) is 24.3 Å². The van der Waals surface area contributed by atoms with E-state index in [1.807, 2.05) is 42.5 Å². The van der Waals surface area contributed by atoms with Gasteiger partial charge in [-0.05, 0) is 52.4 Å². The number of benzene rings is 3. The lowest BCUT2D eigenvalue weighted by atomic mass is 9.87. The normalized spacial score (nSPS) is 11.5. The van der Waals surface area contributed by atoms with Gasteiger partial charge in [-0.15, -0.1) is 0 Å². The van der Waals surface area contributed by atoms with Gasteiger partial charge in [0.2, 0.25) is 0 Å². The van der Waals surface area contributed by atoms with E-state index in [1.165, 1.54) is 7.11 Å². The Morgan fingerprint density at radius 2 is 1.58 bits per heavy atom. The van der Waals surface area contributed by atoms with Gasteiger partial charge in [-0.2, -0.15) is 5.26 Å². The van der Waals surface area contributed by atoms with Gasteiger partial charge < -0.3 is 9.47 Å². The van der Waals surface area contributed by atoms with Crippen LogP contribution in [-0.2, 0) is 5.41 Å². The van der Waals surface area contributed by atoms with Crippen LogP contribution in [0.2, 0.25) is 0 Å². The lowest BCUT2D eigenvalue weighted by Gasteiger charge is -2.19. The van der Waals surface area contributed by atoms with Crippen LogP contribution in [-0.4, -0.2) is 13.1 Å². The average molecular weight is 412 g/mol. The molecule has 0 saturated carbocycles. The highest BCUT2D eigenvalue weighted by molar-refractivity contribution is 5.92. The summed E-state index contributed by atoms with van der Waals surface area (Å²) in [4.78, 5) is 12.6. The molecule has 3 rings (SSSR count). The molecular weight excluding hydrogens is 386 g/mol. The zero-order valence-corrected chi connectivity index (χ0v) is 18.2. The van der Waals surface area contributed by atoms with E-state index in [0.29, 0.717) is 22.6 Å². The largest absolute Gasteiger partial charge is 0.493 e. The SMILES string of the molecule is COc1cc(C=C(C#N)c2ccccc2)ccc1OC(=O)c1ccc(C(C)(C)C)cc1. The number of hydrogen-bond donors (Lipinski definition) is 0. The number of methoxy groups -OCH3 is 1. The molecule has 4 nitrogen and oxygen atoms in total. The maximum atomic E-state index is 12.6. The second-order valence-corrected chi connectivity index (χ2v) is 8.16. The predicted octanol–water partition coefficient (Wildman–Crippen LogP) is 6.28. The Kier molecular flexibility index (Phi) is 6.57. The van der Waals surface area contributed by atoms with Crippen LogP contribution < -0.4 is 9.47 Å². The van der Waals surface area contributed by atoms with Gasteiger partial charge in [-0.25, -0.2) is 4.79 Å². The Hall–Kier alpha value is -3.84. The van der Waals surface area contributed by atoms with Gasteiger partial charge >= 0.3 is 5.97 Å². The number of nitriles is 1. The zero-order valence-electron chi connectivity index (χ0n) is 18.2. The zero-order chi connectivity index (χ0) is 22.4. The topological polar surface area (TPSA) is 59.3 Å². The molecule has 156 valence electrons. The standard InChI is InChI=1S/C27H25NO3/c1-27(2,3)23-13-11-21(12-14-23)26(29)31-24-15-10-19(17-25(24)30-4)16-22(18-28)20-8-6-5-7-9-20/h5-17H,1-4H3. The molecule has 0 spiro atoms. The molecule has 0 fully saturated rings. The molecule has 0 radical (unpaired) electrons. The fraction of sp³-hybridized carbons (Fsp3) is 0.185. The van der Waals surface area contributed by atoms with Crippen LogP contribution in [0, 0.1) is 11.3 Å². The van der Waals surface area contributed by atoms with Crippen LogP contribution in [0.4, 0.5) is 0 Å². The van der Waals surface area contributed by atoms with Gasteiger partial charge in [0.15, 0.2) is 11.5 Å². The monoisotopic (exact) mass is 411 g/mol. The Balaban J connectivity index is 1.82. The van der Waals surface area contributed by atoms with Crippen molar-refractivity contribution < 1.29 is 14.3 Å². The van der Waals surface area contributed by atoms with Crippen LogP contribution in [0.5, 0.6) is 11.5 Å². The fourth-order valence-electron chi connectivity index (χ4n) is 3.09. The number of nitrogens with zero attached hydrogens (tertiary/aromatic N) is 1. The molecule has 0 aliphatic heterocycles. The molecule has 0 heterocycles.